The summed E-state index contributed by atoms with van der Waals surface area (Å²) in [5, 5.41) is 10.8. The van der Waals surface area contributed by atoms with Gasteiger partial charge in [-0.25, -0.2) is 0 Å². The summed E-state index contributed by atoms with van der Waals surface area (Å²) in [6.45, 7) is 6.18. The number of pyridine rings is 1. The number of benzene rings is 1. The van der Waals surface area contributed by atoms with Crippen LogP contribution < -0.4 is 0 Å². The lowest BCUT2D eigenvalue weighted by Gasteiger charge is -2.22. The van der Waals surface area contributed by atoms with E-state index in [1.807, 2.05) is 18.2 Å². The highest BCUT2D eigenvalue weighted by atomic mass is 35.5. The van der Waals surface area contributed by atoms with Crippen LogP contribution in [0.5, 0.6) is 0 Å². The van der Waals surface area contributed by atoms with E-state index in [1.165, 1.54) is 0 Å². The average Bonchev–Trinajstić information content (AvgIpc) is 2.36. The van der Waals surface area contributed by atoms with E-state index in [0.29, 0.717) is 5.02 Å². The van der Waals surface area contributed by atoms with Crippen LogP contribution >= 0.6 is 11.6 Å². The number of rotatable bonds is 3. The monoisotopic (exact) mass is 290 g/mol. The third kappa shape index (κ3) is 3.13. The molecule has 0 saturated heterocycles. The lowest BCUT2D eigenvalue weighted by molar-refractivity contribution is 0.256. The standard InChI is InChI=1S/C14H15ClN2OSi/c1-19(2,3)18-13(9-16)11-6-7-12(15)10-5-4-8-17-14(10)11/h4-8,13H,1-3H3. The second kappa shape index (κ2) is 5.30. The minimum Gasteiger partial charge on any atom is -0.399 e. The predicted octanol–water partition coefficient (Wildman–Crippen LogP) is 4.30. The molecule has 0 radical (unpaired) electrons. The summed E-state index contributed by atoms with van der Waals surface area (Å²) < 4.78 is 5.92. The van der Waals surface area contributed by atoms with Crippen molar-refractivity contribution < 1.29 is 4.43 Å². The molecule has 1 aromatic heterocycles. The van der Waals surface area contributed by atoms with E-state index in [2.05, 4.69) is 30.7 Å². The van der Waals surface area contributed by atoms with Crippen molar-refractivity contribution in [2.45, 2.75) is 25.7 Å². The Labute approximate surface area is 118 Å². The summed E-state index contributed by atoms with van der Waals surface area (Å²) in [5.41, 5.74) is 1.52. The molecular weight excluding hydrogens is 276 g/mol. The van der Waals surface area contributed by atoms with Gasteiger partial charge in [0.05, 0.1) is 11.6 Å². The third-order valence-corrected chi connectivity index (χ3v) is 3.89. The van der Waals surface area contributed by atoms with Gasteiger partial charge in [0.25, 0.3) is 0 Å². The Morgan fingerprint density at radius 1 is 1.32 bits per heavy atom. The van der Waals surface area contributed by atoms with Gasteiger partial charge in [0.15, 0.2) is 14.4 Å². The molecule has 1 unspecified atom stereocenters. The van der Waals surface area contributed by atoms with Gasteiger partial charge in [0.2, 0.25) is 0 Å². The number of aromatic nitrogens is 1. The maximum atomic E-state index is 9.36. The molecule has 5 heteroatoms. The molecule has 98 valence electrons. The van der Waals surface area contributed by atoms with E-state index >= 15 is 0 Å². The lowest BCUT2D eigenvalue weighted by Crippen LogP contribution is -2.27. The second-order valence-electron chi connectivity index (χ2n) is 5.28. The van der Waals surface area contributed by atoms with Crippen molar-refractivity contribution in [2.75, 3.05) is 0 Å². The second-order valence-corrected chi connectivity index (χ2v) is 10.1. The van der Waals surface area contributed by atoms with Crippen LogP contribution in [-0.2, 0) is 4.43 Å². The molecule has 3 nitrogen and oxygen atoms in total. The van der Waals surface area contributed by atoms with Gasteiger partial charge in [-0.2, -0.15) is 5.26 Å². The Hall–Kier alpha value is -1.41. The van der Waals surface area contributed by atoms with Crippen molar-refractivity contribution in [2.24, 2.45) is 0 Å². The van der Waals surface area contributed by atoms with Crippen LogP contribution in [-0.4, -0.2) is 13.3 Å². The molecule has 0 bridgehead atoms. The van der Waals surface area contributed by atoms with Crippen LogP contribution in [0.4, 0.5) is 0 Å². The molecule has 0 aliphatic heterocycles. The van der Waals surface area contributed by atoms with Gasteiger partial charge in [0.1, 0.15) is 0 Å². The molecule has 0 saturated carbocycles. The quantitative estimate of drug-likeness (QED) is 0.792. The molecule has 0 aliphatic carbocycles. The van der Waals surface area contributed by atoms with Crippen LogP contribution in [0.3, 0.4) is 0 Å². The van der Waals surface area contributed by atoms with Crippen molar-refractivity contribution in [3.63, 3.8) is 0 Å². The first-order chi connectivity index (χ1) is 8.92. The van der Waals surface area contributed by atoms with E-state index in [0.717, 1.165) is 16.5 Å². The van der Waals surface area contributed by atoms with E-state index in [1.54, 1.807) is 12.3 Å². The molecular formula is C14H15ClN2OSi. The first-order valence-electron chi connectivity index (χ1n) is 6.03. The van der Waals surface area contributed by atoms with Gasteiger partial charge >= 0.3 is 0 Å². The number of nitriles is 1. The topological polar surface area (TPSA) is 45.9 Å². The summed E-state index contributed by atoms with van der Waals surface area (Å²) in [6.07, 6.45) is 1.10. The number of hydrogen-bond donors (Lipinski definition) is 0. The Kier molecular flexibility index (Phi) is 3.90. The normalized spacial score (nSPS) is 13.2. The number of hydrogen-bond acceptors (Lipinski definition) is 3. The average molecular weight is 291 g/mol. The highest BCUT2D eigenvalue weighted by molar-refractivity contribution is 6.69. The van der Waals surface area contributed by atoms with Gasteiger partial charge in [0, 0.05) is 22.2 Å². The van der Waals surface area contributed by atoms with Crippen LogP contribution in [0.25, 0.3) is 10.9 Å². The molecule has 0 fully saturated rings. The molecule has 0 spiro atoms. The highest BCUT2D eigenvalue weighted by Gasteiger charge is 2.24. The Morgan fingerprint density at radius 3 is 2.68 bits per heavy atom. The number of fused-ring (bicyclic) bond motifs is 1. The molecule has 0 amide bonds. The van der Waals surface area contributed by atoms with Crippen molar-refractivity contribution in [3.05, 3.63) is 41.0 Å². The van der Waals surface area contributed by atoms with Crippen LogP contribution in [0.1, 0.15) is 11.7 Å². The minimum absolute atomic E-state index is 0.596. The zero-order valence-electron chi connectivity index (χ0n) is 11.1. The van der Waals surface area contributed by atoms with Gasteiger partial charge in [-0.05, 0) is 37.8 Å². The Morgan fingerprint density at radius 2 is 2.05 bits per heavy atom. The number of halogens is 1. The van der Waals surface area contributed by atoms with E-state index < -0.39 is 14.4 Å². The van der Waals surface area contributed by atoms with E-state index in [9.17, 15) is 5.26 Å². The van der Waals surface area contributed by atoms with Gasteiger partial charge in [-0.1, -0.05) is 17.7 Å². The van der Waals surface area contributed by atoms with Gasteiger partial charge < -0.3 is 4.43 Å². The zero-order valence-corrected chi connectivity index (χ0v) is 12.9. The largest absolute Gasteiger partial charge is 0.399 e. The molecule has 1 aromatic carbocycles. The SMILES string of the molecule is C[Si](C)(C)OC(C#N)c1ccc(Cl)c2cccnc12. The lowest BCUT2D eigenvalue weighted by atomic mass is 10.1. The van der Waals surface area contributed by atoms with Crippen molar-refractivity contribution in [3.8, 4) is 6.07 Å². The van der Waals surface area contributed by atoms with Crippen LogP contribution in [0, 0.1) is 11.3 Å². The third-order valence-electron chi connectivity index (χ3n) is 2.62. The molecule has 2 aromatic rings. The summed E-state index contributed by atoms with van der Waals surface area (Å²) >= 11 is 6.15. The predicted molar refractivity (Wildman–Crippen MR) is 79.5 cm³/mol. The Balaban J connectivity index is 2.56. The maximum absolute atomic E-state index is 9.36. The fraction of sp³-hybridized carbons (Fsp3) is 0.286. The van der Waals surface area contributed by atoms with Gasteiger partial charge in [-0.15, -0.1) is 0 Å². The van der Waals surface area contributed by atoms with Gasteiger partial charge in [-0.3, -0.25) is 4.98 Å². The van der Waals surface area contributed by atoms with Crippen LogP contribution in [0.15, 0.2) is 30.5 Å². The summed E-state index contributed by atoms with van der Waals surface area (Å²) in [4.78, 5) is 4.34. The van der Waals surface area contributed by atoms with E-state index in [-0.39, 0.29) is 0 Å². The fourth-order valence-corrected chi connectivity index (χ4v) is 2.99. The fourth-order valence-electron chi connectivity index (χ4n) is 1.88. The molecule has 0 aliphatic rings. The van der Waals surface area contributed by atoms with E-state index in [4.69, 9.17) is 16.0 Å². The molecule has 1 heterocycles. The smallest absolute Gasteiger partial charge is 0.186 e. The van der Waals surface area contributed by atoms with Crippen LogP contribution in [0.2, 0.25) is 24.7 Å². The highest BCUT2D eigenvalue weighted by Crippen LogP contribution is 2.31. The zero-order chi connectivity index (χ0) is 14.0. The molecule has 1 atom stereocenters. The minimum atomic E-state index is -1.81. The summed E-state index contributed by atoms with van der Waals surface area (Å²) in [6, 6.07) is 9.56. The van der Waals surface area contributed by atoms with Crippen molar-refractivity contribution in [1.82, 2.24) is 4.98 Å². The van der Waals surface area contributed by atoms with Crippen molar-refractivity contribution in [1.29, 1.82) is 5.26 Å². The molecule has 2 rings (SSSR count). The first-order valence-corrected chi connectivity index (χ1v) is 9.81. The Bertz CT molecular complexity index is 646. The summed E-state index contributed by atoms with van der Waals surface area (Å²) in [5.74, 6) is 0. The first kappa shape index (κ1) is 14.0. The maximum Gasteiger partial charge on any atom is 0.186 e. The number of nitrogens with zero attached hydrogens (tertiary/aromatic N) is 2. The summed E-state index contributed by atoms with van der Waals surface area (Å²) in [7, 11) is -1.81. The van der Waals surface area contributed by atoms with Crippen molar-refractivity contribution >= 4 is 30.8 Å². The molecule has 19 heavy (non-hydrogen) atoms. The molecule has 0 N–H and O–H groups in total.